The molecule has 1 N–H and O–H groups in total. The first-order valence-electron chi connectivity index (χ1n) is 6.08. The van der Waals surface area contributed by atoms with Gasteiger partial charge in [0.05, 0.1) is 5.02 Å². The van der Waals surface area contributed by atoms with Crippen molar-refractivity contribution >= 4 is 17.3 Å². The Kier molecular flexibility index (Phi) is 4.27. The molecule has 2 rings (SSSR count). The molecule has 100 valence electrons. The van der Waals surface area contributed by atoms with Crippen LogP contribution in [0.1, 0.15) is 12.5 Å². The van der Waals surface area contributed by atoms with Gasteiger partial charge in [0, 0.05) is 18.8 Å². The van der Waals surface area contributed by atoms with Crippen LogP contribution in [0.2, 0.25) is 5.02 Å². The molecule has 0 aromatic heterocycles. The van der Waals surface area contributed by atoms with E-state index in [-0.39, 0.29) is 11.6 Å². The highest BCUT2D eigenvalue weighted by Crippen LogP contribution is 2.25. The van der Waals surface area contributed by atoms with Crippen LogP contribution in [-0.2, 0) is 6.54 Å². The van der Waals surface area contributed by atoms with Crippen LogP contribution >= 0.6 is 11.6 Å². The van der Waals surface area contributed by atoms with E-state index >= 15 is 0 Å². The molecular formula is C15H15ClFNO. The molecule has 4 heteroatoms. The Bertz CT molecular complexity index is 557. The van der Waals surface area contributed by atoms with Crippen LogP contribution in [0.15, 0.2) is 42.5 Å². The second-order valence-electron chi connectivity index (χ2n) is 4.28. The van der Waals surface area contributed by atoms with Crippen LogP contribution in [0.25, 0.3) is 0 Å². The molecule has 0 aliphatic rings. The summed E-state index contributed by atoms with van der Waals surface area (Å²) in [5.74, 6) is -0.164. The van der Waals surface area contributed by atoms with Gasteiger partial charge >= 0.3 is 0 Å². The van der Waals surface area contributed by atoms with Gasteiger partial charge in [-0.1, -0.05) is 17.7 Å². The van der Waals surface area contributed by atoms with Crippen molar-refractivity contribution in [1.29, 1.82) is 0 Å². The van der Waals surface area contributed by atoms with E-state index in [1.807, 2.05) is 13.0 Å². The van der Waals surface area contributed by atoms with Crippen LogP contribution < -0.4 is 4.90 Å². The smallest absolute Gasteiger partial charge is 0.134 e. The topological polar surface area (TPSA) is 23.5 Å². The van der Waals surface area contributed by atoms with E-state index in [0.29, 0.717) is 11.6 Å². The predicted octanol–water partition coefficient (Wildman–Crippen LogP) is 4.21. The lowest BCUT2D eigenvalue weighted by Crippen LogP contribution is -2.21. The fourth-order valence-corrected chi connectivity index (χ4v) is 2.11. The van der Waals surface area contributed by atoms with Crippen molar-refractivity contribution in [1.82, 2.24) is 0 Å². The summed E-state index contributed by atoms with van der Waals surface area (Å²) in [4.78, 5) is 2.10. The minimum atomic E-state index is -0.243. The largest absolute Gasteiger partial charge is 0.506 e. The first-order valence-corrected chi connectivity index (χ1v) is 6.46. The third-order valence-electron chi connectivity index (χ3n) is 2.96. The Morgan fingerprint density at radius 1 is 1.16 bits per heavy atom. The predicted molar refractivity (Wildman–Crippen MR) is 76.2 cm³/mol. The molecule has 2 nitrogen and oxygen atoms in total. The molecule has 0 heterocycles. The van der Waals surface area contributed by atoms with E-state index in [9.17, 15) is 9.50 Å². The zero-order chi connectivity index (χ0) is 13.8. The number of aromatic hydroxyl groups is 1. The normalized spacial score (nSPS) is 10.5. The fraction of sp³-hybridized carbons (Fsp3) is 0.200. The van der Waals surface area contributed by atoms with Crippen molar-refractivity contribution in [3.05, 3.63) is 58.9 Å². The minimum absolute atomic E-state index is 0.0789. The minimum Gasteiger partial charge on any atom is -0.506 e. The third kappa shape index (κ3) is 3.38. The van der Waals surface area contributed by atoms with Crippen molar-refractivity contribution in [2.45, 2.75) is 13.5 Å². The van der Waals surface area contributed by atoms with Crippen LogP contribution in [-0.4, -0.2) is 11.7 Å². The zero-order valence-corrected chi connectivity index (χ0v) is 11.4. The highest BCUT2D eigenvalue weighted by atomic mass is 35.5. The molecule has 0 saturated heterocycles. The molecule has 0 fully saturated rings. The summed E-state index contributed by atoms with van der Waals surface area (Å²) in [6, 6.07) is 11.5. The van der Waals surface area contributed by atoms with Gasteiger partial charge in [0.25, 0.3) is 0 Å². The molecule has 0 bridgehead atoms. The lowest BCUT2D eigenvalue weighted by atomic mass is 10.2. The molecule has 0 aliphatic heterocycles. The van der Waals surface area contributed by atoms with Gasteiger partial charge in [0.1, 0.15) is 11.6 Å². The number of rotatable bonds is 4. The molecular weight excluding hydrogens is 265 g/mol. The van der Waals surface area contributed by atoms with Gasteiger partial charge in [0.15, 0.2) is 0 Å². The van der Waals surface area contributed by atoms with Gasteiger partial charge in [-0.25, -0.2) is 4.39 Å². The Morgan fingerprint density at radius 2 is 1.84 bits per heavy atom. The van der Waals surface area contributed by atoms with Gasteiger partial charge in [0.2, 0.25) is 0 Å². The van der Waals surface area contributed by atoms with Crippen molar-refractivity contribution in [2.75, 3.05) is 11.4 Å². The summed E-state index contributed by atoms with van der Waals surface area (Å²) in [5, 5.41) is 9.74. The molecule has 0 radical (unpaired) electrons. The van der Waals surface area contributed by atoms with E-state index in [1.165, 1.54) is 12.1 Å². The van der Waals surface area contributed by atoms with Crippen molar-refractivity contribution in [2.24, 2.45) is 0 Å². The number of nitrogens with zero attached hydrogens (tertiary/aromatic N) is 1. The molecule has 2 aromatic carbocycles. The number of phenols is 1. The van der Waals surface area contributed by atoms with Crippen molar-refractivity contribution in [3.63, 3.8) is 0 Å². The highest BCUT2D eigenvalue weighted by Gasteiger charge is 2.07. The summed E-state index contributed by atoms with van der Waals surface area (Å²) in [7, 11) is 0. The Hall–Kier alpha value is -1.74. The molecule has 0 amide bonds. The summed E-state index contributed by atoms with van der Waals surface area (Å²) in [6.45, 7) is 3.48. The standard InChI is InChI=1S/C15H15ClFNO/c1-2-18(13-6-4-12(17)5-7-13)10-11-3-8-15(19)14(16)9-11/h3-9,19H,2,10H2,1H3. The first kappa shape index (κ1) is 13.7. The summed E-state index contributed by atoms with van der Waals surface area (Å²) < 4.78 is 12.9. The lowest BCUT2D eigenvalue weighted by molar-refractivity contribution is 0.475. The Balaban J connectivity index is 2.18. The molecule has 0 aliphatic carbocycles. The number of anilines is 1. The van der Waals surface area contributed by atoms with E-state index < -0.39 is 0 Å². The van der Waals surface area contributed by atoms with Crippen LogP contribution in [0.5, 0.6) is 5.75 Å². The van der Waals surface area contributed by atoms with Crippen molar-refractivity contribution in [3.8, 4) is 5.75 Å². The average molecular weight is 280 g/mol. The molecule has 0 atom stereocenters. The average Bonchev–Trinajstić information content (AvgIpc) is 2.41. The number of phenolic OH excluding ortho intramolecular Hbond substituents is 1. The number of hydrogen-bond donors (Lipinski definition) is 1. The van der Waals surface area contributed by atoms with E-state index in [0.717, 1.165) is 17.8 Å². The lowest BCUT2D eigenvalue weighted by Gasteiger charge is -2.23. The maximum absolute atomic E-state index is 12.9. The van der Waals surface area contributed by atoms with Crippen LogP contribution in [0.3, 0.4) is 0 Å². The van der Waals surface area contributed by atoms with Gasteiger partial charge in [-0.3, -0.25) is 0 Å². The van der Waals surface area contributed by atoms with Gasteiger partial charge in [-0.2, -0.15) is 0 Å². The molecule has 19 heavy (non-hydrogen) atoms. The van der Waals surface area contributed by atoms with Gasteiger partial charge in [-0.05, 0) is 48.9 Å². The molecule has 0 saturated carbocycles. The zero-order valence-electron chi connectivity index (χ0n) is 10.6. The van der Waals surface area contributed by atoms with Gasteiger partial charge in [-0.15, -0.1) is 0 Å². The summed E-state index contributed by atoms with van der Waals surface area (Å²) in [6.07, 6.45) is 0. The summed E-state index contributed by atoms with van der Waals surface area (Å²) in [5.41, 5.74) is 1.95. The van der Waals surface area contributed by atoms with E-state index in [1.54, 1.807) is 24.3 Å². The number of halogens is 2. The van der Waals surface area contributed by atoms with E-state index in [2.05, 4.69) is 4.90 Å². The number of benzene rings is 2. The van der Waals surface area contributed by atoms with Crippen molar-refractivity contribution < 1.29 is 9.50 Å². The molecule has 0 unspecified atom stereocenters. The Morgan fingerprint density at radius 3 is 2.42 bits per heavy atom. The van der Waals surface area contributed by atoms with Gasteiger partial charge < -0.3 is 10.0 Å². The first-order chi connectivity index (χ1) is 9.10. The molecule has 2 aromatic rings. The second-order valence-corrected chi connectivity index (χ2v) is 4.68. The summed E-state index contributed by atoms with van der Waals surface area (Å²) >= 11 is 5.89. The molecule has 0 spiro atoms. The maximum atomic E-state index is 12.9. The third-order valence-corrected chi connectivity index (χ3v) is 3.26. The highest BCUT2D eigenvalue weighted by molar-refractivity contribution is 6.32. The van der Waals surface area contributed by atoms with Crippen LogP contribution in [0.4, 0.5) is 10.1 Å². The SMILES string of the molecule is CCN(Cc1ccc(O)c(Cl)c1)c1ccc(F)cc1. The Labute approximate surface area is 117 Å². The monoisotopic (exact) mass is 279 g/mol. The van der Waals surface area contributed by atoms with E-state index in [4.69, 9.17) is 11.6 Å². The quantitative estimate of drug-likeness (QED) is 0.906. The second kappa shape index (κ2) is 5.93. The number of hydrogen-bond acceptors (Lipinski definition) is 2. The maximum Gasteiger partial charge on any atom is 0.134 e. The fourth-order valence-electron chi connectivity index (χ4n) is 1.91. The van der Waals surface area contributed by atoms with Crippen LogP contribution in [0, 0.1) is 5.82 Å².